The number of hydrogen-bond donors (Lipinski definition) is 0. The molecule has 0 bridgehead atoms. The van der Waals surface area contributed by atoms with Crippen molar-refractivity contribution in [3.05, 3.63) is 84.4 Å². The summed E-state index contributed by atoms with van der Waals surface area (Å²) in [5.41, 5.74) is 1.32. The molecule has 0 heterocycles. The van der Waals surface area contributed by atoms with Crippen LogP contribution in [0.1, 0.15) is 40.7 Å². The van der Waals surface area contributed by atoms with Crippen molar-refractivity contribution in [1.82, 2.24) is 0 Å². The van der Waals surface area contributed by atoms with Gasteiger partial charge in [-0.1, -0.05) is 120 Å². The molecule has 0 saturated carbocycles. The van der Waals surface area contributed by atoms with E-state index in [1.165, 1.54) is 16.3 Å². The summed E-state index contributed by atoms with van der Waals surface area (Å²) in [7, 11) is 0. The second-order valence-electron chi connectivity index (χ2n) is 4.00. The van der Waals surface area contributed by atoms with Crippen molar-refractivity contribution in [3.63, 3.8) is 0 Å². The van der Waals surface area contributed by atoms with Crippen molar-refractivity contribution in [1.29, 1.82) is 0 Å². The number of aryl methyl sites for hydroxylation is 1. The Labute approximate surface area is 137 Å². The van der Waals surface area contributed by atoms with E-state index in [1.54, 1.807) is 0 Å². The molecule has 0 aliphatic heterocycles. The van der Waals surface area contributed by atoms with Crippen LogP contribution in [0, 0.1) is 6.92 Å². The summed E-state index contributed by atoms with van der Waals surface area (Å²) in [5, 5.41) is 2.62. The van der Waals surface area contributed by atoms with Crippen LogP contribution in [-0.4, -0.2) is 0 Å². The minimum absolute atomic E-state index is 0. The number of rotatable bonds is 0. The van der Waals surface area contributed by atoms with E-state index < -0.39 is 0 Å². The van der Waals surface area contributed by atoms with Crippen molar-refractivity contribution in [2.45, 2.75) is 42.0 Å². The first-order valence-electron chi connectivity index (χ1n) is 7.82. The minimum Gasteiger partial charge on any atom is -0.0776 e. The van der Waals surface area contributed by atoms with Gasteiger partial charge in [0.2, 0.25) is 0 Å². The topological polar surface area (TPSA) is 0 Å². The normalized spacial score (nSPS) is 7.86. The van der Waals surface area contributed by atoms with E-state index in [0.717, 1.165) is 0 Å². The molecule has 3 aromatic carbocycles. The zero-order valence-corrected chi connectivity index (χ0v) is 14.0. The molecule has 3 rings (SSSR count). The maximum absolute atomic E-state index is 2.12. The Kier molecular flexibility index (Phi) is 15.5. The van der Waals surface area contributed by atoms with E-state index in [1.807, 2.05) is 45.9 Å². The van der Waals surface area contributed by atoms with Gasteiger partial charge in [0.1, 0.15) is 0 Å². The third-order valence-electron chi connectivity index (χ3n) is 2.60. The quantitative estimate of drug-likeness (QED) is 0.402. The summed E-state index contributed by atoms with van der Waals surface area (Å²) >= 11 is 0. The van der Waals surface area contributed by atoms with E-state index in [0.29, 0.717) is 0 Å². The van der Waals surface area contributed by atoms with Gasteiger partial charge < -0.3 is 0 Å². The highest BCUT2D eigenvalue weighted by molar-refractivity contribution is 5.81. The van der Waals surface area contributed by atoms with Crippen LogP contribution in [0.2, 0.25) is 0 Å². The molecule has 22 heavy (non-hydrogen) atoms. The van der Waals surface area contributed by atoms with E-state index in [2.05, 4.69) is 67.6 Å². The summed E-state index contributed by atoms with van der Waals surface area (Å²) in [4.78, 5) is 0. The van der Waals surface area contributed by atoms with Gasteiger partial charge in [0.25, 0.3) is 0 Å². The number of benzene rings is 3. The molecule has 0 amide bonds. The predicted octanol–water partition coefficient (Wildman–Crippen LogP) is 7.52. The second-order valence-corrected chi connectivity index (χ2v) is 4.00. The third kappa shape index (κ3) is 8.97. The molecule has 0 spiro atoms. The molecule has 0 nitrogen and oxygen atoms in total. The first kappa shape index (κ1) is 22.2. The van der Waals surface area contributed by atoms with Crippen LogP contribution >= 0.6 is 0 Å². The molecule has 0 radical (unpaired) electrons. The van der Waals surface area contributed by atoms with Crippen molar-refractivity contribution in [3.8, 4) is 0 Å². The van der Waals surface area contributed by atoms with E-state index in [9.17, 15) is 0 Å². The zero-order chi connectivity index (χ0) is 15.9. The van der Waals surface area contributed by atoms with Gasteiger partial charge in [-0.2, -0.15) is 0 Å². The Morgan fingerprint density at radius 3 is 0.955 bits per heavy atom. The molecule has 0 aliphatic carbocycles. The van der Waals surface area contributed by atoms with Gasteiger partial charge in [0.05, 0.1) is 0 Å². The molecular weight excluding hydrogens is 264 g/mol. The Bertz CT molecular complexity index is 502. The average Bonchev–Trinajstić information content (AvgIpc) is 2.60. The molecule has 3 aromatic rings. The van der Waals surface area contributed by atoms with Crippen LogP contribution in [-0.2, 0) is 0 Å². The zero-order valence-electron chi connectivity index (χ0n) is 14.0. The minimum atomic E-state index is 0. The lowest BCUT2D eigenvalue weighted by atomic mass is 10.1. The van der Waals surface area contributed by atoms with E-state index >= 15 is 0 Å². The third-order valence-corrected chi connectivity index (χ3v) is 2.60. The van der Waals surface area contributed by atoms with Crippen LogP contribution in [0.5, 0.6) is 0 Å². The van der Waals surface area contributed by atoms with Gasteiger partial charge in [-0.05, 0) is 17.7 Å². The first-order chi connectivity index (χ1) is 10.4. The van der Waals surface area contributed by atoms with E-state index in [4.69, 9.17) is 0 Å². The fourth-order valence-corrected chi connectivity index (χ4v) is 1.67. The largest absolute Gasteiger partial charge is 0.0776 e. The van der Waals surface area contributed by atoms with Crippen molar-refractivity contribution < 1.29 is 0 Å². The van der Waals surface area contributed by atoms with Gasteiger partial charge in [-0.15, -0.1) is 0 Å². The van der Waals surface area contributed by atoms with Gasteiger partial charge in [0.15, 0.2) is 0 Å². The standard InChI is InChI=1S/C10H8.C7H8.2C2H6.CH4/c1-2-6-10-8-4-3-7-9(10)5-1;1-7-5-3-2-4-6-7;2*1-2;/h1-8H;2-6H,1H3;2*1-2H3;1H4. The fraction of sp³-hybridized carbons (Fsp3) is 0.273. The lowest BCUT2D eigenvalue weighted by Crippen LogP contribution is -1.67. The first-order valence-corrected chi connectivity index (χ1v) is 7.82. The molecule has 0 fully saturated rings. The monoisotopic (exact) mass is 296 g/mol. The smallest absolute Gasteiger partial charge is 0.0184 e. The van der Waals surface area contributed by atoms with Gasteiger partial charge in [0, 0.05) is 0 Å². The fourth-order valence-electron chi connectivity index (χ4n) is 1.67. The van der Waals surface area contributed by atoms with Crippen molar-refractivity contribution >= 4 is 10.8 Å². The summed E-state index contributed by atoms with van der Waals surface area (Å²) in [6.45, 7) is 10.1. The molecule has 0 atom stereocenters. The summed E-state index contributed by atoms with van der Waals surface area (Å²) < 4.78 is 0. The lowest BCUT2D eigenvalue weighted by molar-refractivity contribution is 1.48. The SMILES string of the molecule is C.CC.CC.Cc1ccccc1.c1ccc2ccccc2c1. The molecule has 0 aliphatic rings. The Morgan fingerprint density at radius 1 is 0.455 bits per heavy atom. The maximum Gasteiger partial charge on any atom is -0.0184 e. The molecule has 0 saturated heterocycles. The summed E-state index contributed by atoms with van der Waals surface area (Å²) in [6.07, 6.45) is 0. The Balaban J connectivity index is 0. The number of fused-ring (bicyclic) bond motifs is 1. The van der Waals surface area contributed by atoms with Crippen LogP contribution in [0.15, 0.2) is 78.9 Å². The van der Waals surface area contributed by atoms with Gasteiger partial charge in [-0.3, -0.25) is 0 Å². The molecule has 0 N–H and O–H groups in total. The molecule has 120 valence electrons. The highest BCUT2D eigenvalue weighted by Gasteiger charge is 1.85. The highest BCUT2D eigenvalue weighted by atomic mass is 13.9. The molecule has 0 unspecified atom stereocenters. The Hall–Kier alpha value is -2.08. The van der Waals surface area contributed by atoms with Gasteiger partial charge in [-0.25, -0.2) is 0 Å². The lowest BCUT2D eigenvalue weighted by Gasteiger charge is -1.92. The second kappa shape index (κ2) is 15.3. The molecule has 0 aromatic heterocycles. The van der Waals surface area contributed by atoms with E-state index in [-0.39, 0.29) is 7.43 Å². The van der Waals surface area contributed by atoms with Crippen molar-refractivity contribution in [2.75, 3.05) is 0 Å². The molecule has 0 heteroatoms. The van der Waals surface area contributed by atoms with Crippen LogP contribution in [0.3, 0.4) is 0 Å². The average molecular weight is 296 g/mol. The van der Waals surface area contributed by atoms with Crippen molar-refractivity contribution in [2.24, 2.45) is 0 Å². The van der Waals surface area contributed by atoms with Crippen LogP contribution < -0.4 is 0 Å². The predicted molar refractivity (Wildman–Crippen MR) is 105 cm³/mol. The van der Waals surface area contributed by atoms with Crippen LogP contribution in [0.4, 0.5) is 0 Å². The summed E-state index contributed by atoms with van der Waals surface area (Å²) in [6, 6.07) is 27.0. The maximum atomic E-state index is 2.12. The highest BCUT2D eigenvalue weighted by Crippen LogP contribution is 2.11. The van der Waals surface area contributed by atoms with Gasteiger partial charge >= 0.3 is 0 Å². The summed E-state index contributed by atoms with van der Waals surface area (Å²) in [5.74, 6) is 0. The van der Waals surface area contributed by atoms with Crippen LogP contribution in [0.25, 0.3) is 10.8 Å². The number of hydrogen-bond acceptors (Lipinski definition) is 0. The Morgan fingerprint density at radius 2 is 0.727 bits per heavy atom. The molecular formula is C22H32.